The number of rotatable bonds is 2. The number of oxazole rings is 1. The second-order valence-electron chi connectivity index (χ2n) is 3.86. The van der Waals surface area contributed by atoms with Gasteiger partial charge < -0.3 is 9.52 Å². The Morgan fingerprint density at radius 1 is 1.32 bits per heavy atom. The van der Waals surface area contributed by atoms with Gasteiger partial charge in [0, 0.05) is 18.5 Å². The average Bonchev–Trinajstić information content (AvgIpc) is 2.81. The molecule has 5 nitrogen and oxygen atoms in total. The highest BCUT2D eigenvalue weighted by molar-refractivity contribution is 5.95. The van der Waals surface area contributed by atoms with Gasteiger partial charge in [-0.15, -0.1) is 0 Å². The standard InChI is InChI=1S/C13H7FN2O3/c14-7-1-2-10-11(5-7)19-12(16-10)9-6-15-4-3-8(9)13(17)18/h1-6H,(H,17,18). The van der Waals surface area contributed by atoms with Crippen LogP contribution in [0.1, 0.15) is 10.4 Å². The SMILES string of the molecule is O=C(O)c1ccncc1-c1nc2ccc(F)cc2o1. The monoisotopic (exact) mass is 258 g/mol. The summed E-state index contributed by atoms with van der Waals surface area (Å²) in [7, 11) is 0. The van der Waals surface area contributed by atoms with Crippen LogP contribution in [0.25, 0.3) is 22.6 Å². The molecule has 0 fully saturated rings. The van der Waals surface area contributed by atoms with Crippen LogP contribution in [-0.2, 0) is 0 Å². The molecular formula is C13H7FN2O3. The van der Waals surface area contributed by atoms with E-state index in [1.54, 1.807) is 0 Å². The smallest absolute Gasteiger partial charge is 0.336 e. The predicted octanol–water partition coefficient (Wildman–Crippen LogP) is 2.73. The Hall–Kier alpha value is -2.76. The van der Waals surface area contributed by atoms with Crippen LogP contribution in [0.2, 0.25) is 0 Å². The van der Waals surface area contributed by atoms with Crippen LogP contribution in [0.5, 0.6) is 0 Å². The van der Waals surface area contributed by atoms with Crippen LogP contribution in [0.4, 0.5) is 4.39 Å². The number of carboxylic acids is 1. The van der Waals surface area contributed by atoms with Gasteiger partial charge in [-0.3, -0.25) is 4.98 Å². The fourth-order valence-electron chi connectivity index (χ4n) is 1.77. The van der Waals surface area contributed by atoms with Crippen LogP contribution in [0.15, 0.2) is 41.1 Å². The molecule has 0 atom stereocenters. The minimum atomic E-state index is -1.11. The third-order valence-corrected chi connectivity index (χ3v) is 2.63. The van der Waals surface area contributed by atoms with Crippen molar-refractivity contribution in [3.05, 3.63) is 48.0 Å². The maximum Gasteiger partial charge on any atom is 0.336 e. The van der Waals surface area contributed by atoms with Gasteiger partial charge in [0.05, 0.1) is 11.1 Å². The van der Waals surface area contributed by atoms with Crippen molar-refractivity contribution in [2.45, 2.75) is 0 Å². The van der Waals surface area contributed by atoms with Gasteiger partial charge in [-0.25, -0.2) is 14.2 Å². The molecular weight excluding hydrogens is 251 g/mol. The first-order chi connectivity index (χ1) is 9.15. The van der Waals surface area contributed by atoms with Crippen LogP contribution < -0.4 is 0 Å². The van der Waals surface area contributed by atoms with E-state index in [4.69, 9.17) is 9.52 Å². The summed E-state index contributed by atoms with van der Waals surface area (Å²) in [6.45, 7) is 0. The normalized spacial score (nSPS) is 10.8. The van der Waals surface area contributed by atoms with Gasteiger partial charge >= 0.3 is 5.97 Å². The van der Waals surface area contributed by atoms with Crippen molar-refractivity contribution in [2.24, 2.45) is 0 Å². The number of halogens is 1. The lowest BCUT2D eigenvalue weighted by atomic mass is 10.1. The van der Waals surface area contributed by atoms with Crippen molar-refractivity contribution in [1.82, 2.24) is 9.97 Å². The largest absolute Gasteiger partial charge is 0.478 e. The van der Waals surface area contributed by atoms with E-state index in [1.165, 1.54) is 36.7 Å². The highest BCUT2D eigenvalue weighted by atomic mass is 19.1. The van der Waals surface area contributed by atoms with Crippen LogP contribution >= 0.6 is 0 Å². The van der Waals surface area contributed by atoms with Crippen molar-refractivity contribution in [3.63, 3.8) is 0 Å². The number of fused-ring (bicyclic) bond motifs is 1. The summed E-state index contributed by atoms with van der Waals surface area (Å²) in [5.41, 5.74) is 1.00. The summed E-state index contributed by atoms with van der Waals surface area (Å²) < 4.78 is 18.4. The van der Waals surface area contributed by atoms with Crippen molar-refractivity contribution in [2.75, 3.05) is 0 Å². The quantitative estimate of drug-likeness (QED) is 0.764. The molecule has 0 spiro atoms. The van der Waals surface area contributed by atoms with Crippen LogP contribution in [0.3, 0.4) is 0 Å². The highest BCUT2D eigenvalue weighted by Crippen LogP contribution is 2.26. The molecule has 0 bridgehead atoms. The molecule has 0 aliphatic carbocycles. The van der Waals surface area contributed by atoms with Gasteiger partial charge in [0.25, 0.3) is 0 Å². The summed E-state index contributed by atoms with van der Waals surface area (Å²) >= 11 is 0. The molecule has 94 valence electrons. The first-order valence-electron chi connectivity index (χ1n) is 5.39. The van der Waals surface area contributed by atoms with Crippen molar-refractivity contribution >= 4 is 17.1 Å². The van der Waals surface area contributed by atoms with Gasteiger partial charge in [-0.05, 0) is 18.2 Å². The summed E-state index contributed by atoms with van der Waals surface area (Å²) in [5, 5.41) is 9.09. The second kappa shape index (κ2) is 4.16. The van der Waals surface area contributed by atoms with Gasteiger partial charge in [0.2, 0.25) is 5.89 Å². The highest BCUT2D eigenvalue weighted by Gasteiger charge is 2.16. The Kier molecular flexibility index (Phi) is 2.49. The summed E-state index contributed by atoms with van der Waals surface area (Å²) in [6, 6.07) is 5.28. The van der Waals surface area contributed by atoms with Gasteiger partial charge in [-0.2, -0.15) is 0 Å². The van der Waals surface area contributed by atoms with Gasteiger partial charge in [-0.1, -0.05) is 0 Å². The number of benzene rings is 1. The zero-order valence-electron chi connectivity index (χ0n) is 9.50. The summed E-state index contributed by atoms with van der Waals surface area (Å²) in [6.07, 6.45) is 2.72. The molecule has 0 saturated heterocycles. The van der Waals surface area contributed by atoms with E-state index in [1.807, 2.05) is 0 Å². The maximum absolute atomic E-state index is 13.1. The van der Waals surface area contributed by atoms with Crippen molar-refractivity contribution in [3.8, 4) is 11.5 Å². The molecule has 6 heteroatoms. The molecule has 1 N–H and O–H groups in total. The molecule has 0 aliphatic heterocycles. The van der Waals surface area contributed by atoms with Gasteiger partial charge in [0.1, 0.15) is 11.3 Å². The molecule has 1 aromatic carbocycles. The van der Waals surface area contributed by atoms with Crippen molar-refractivity contribution < 1.29 is 18.7 Å². The number of aromatic nitrogens is 2. The zero-order valence-corrected chi connectivity index (χ0v) is 9.50. The molecule has 0 saturated carbocycles. The first kappa shape index (κ1) is 11.3. The molecule has 19 heavy (non-hydrogen) atoms. The molecule has 0 unspecified atom stereocenters. The molecule has 3 aromatic rings. The second-order valence-corrected chi connectivity index (χ2v) is 3.86. The Bertz CT molecular complexity index is 782. The Balaban J connectivity index is 2.22. The van der Waals surface area contributed by atoms with Crippen molar-refractivity contribution in [1.29, 1.82) is 0 Å². The lowest BCUT2D eigenvalue weighted by Crippen LogP contribution is -1.99. The number of aromatic carboxylic acids is 1. The average molecular weight is 258 g/mol. The van der Waals surface area contributed by atoms with E-state index in [0.717, 1.165) is 0 Å². The molecule has 0 aliphatic rings. The fourth-order valence-corrected chi connectivity index (χ4v) is 1.77. The summed E-state index contributed by atoms with van der Waals surface area (Å²) in [5.74, 6) is -1.45. The molecule has 3 rings (SSSR count). The number of carbonyl (C=O) groups is 1. The lowest BCUT2D eigenvalue weighted by molar-refractivity contribution is 0.0697. The van der Waals surface area contributed by atoms with E-state index in [0.29, 0.717) is 5.52 Å². The van der Waals surface area contributed by atoms with E-state index in [9.17, 15) is 9.18 Å². The molecule has 0 radical (unpaired) electrons. The molecule has 2 aromatic heterocycles. The van der Waals surface area contributed by atoms with E-state index in [-0.39, 0.29) is 22.6 Å². The predicted molar refractivity (Wildman–Crippen MR) is 64.2 cm³/mol. The lowest BCUT2D eigenvalue weighted by Gasteiger charge is -1.99. The number of hydrogen-bond donors (Lipinski definition) is 1. The Morgan fingerprint density at radius 3 is 2.95 bits per heavy atom. The summed E-state index contributed by atoms with van der Waals surface area (Å²) in [4.78, 5) is 19.1. The van der Waals surface area contributed by atoms with E-state index >= 15 is 0 Å². The van der Waals surface area contributed by atoms with Gasteiger partial charge in [0.15, 0.2) is 5.58 Å². The van der Waals surface area contributed by atoms with Crippen LogP contribution in [0, 0.1) is 5.82 Å². The number of nitrogens with zero attached hydrogens (tertiary/aromatic N) is 2. The zero-order chi connectivity index (χ0) is 13.4. The third kappa shape index (κ3) is 1.93. The fraction of sp³-hybridized carbons (Fsp3) is 0. The van der Waals surface area contributed by atoms with Crippen LogP contribution in [-0.4, -0.2) is 21.0 Å². The minimum Gasteiger partial charge on any atom is -0.478 e. The topological polar surface area (TPSA) is 76.2 Å². The Morgan fingerprint density at radius 2 is 2.16 bits per heavy atom. The minimum absolute atomic E-state index is 0.0297. The third-order valence-electron chi connectivity index (χ3n) is 2.63. The van der Waals surface area contributed by atoms with E-state index in [2.05, 4.69) is 9.97 Å². The number of pyridine rings is 1. The number of hydrogen-bond acceptors (Lipinski definition) is 4. The molecule has 0 amide bonds. The number of carboxylic acid groups (broad SMARTS) is 1. The maximum atomic E-state index is 13.1. The van der Waals surface area contributed by atoms with E-state index < -0.39 is 11.8 Å². The molecule has 2 heterocycles. The Labute approximate surface area is 106 Å². The first-order valence-corrected chi connectivity index (χ1v) is 5.39.